The monoisotopic (exact) mass is 295 g/mol. The fourth-order valence-electron chi connectivity index (χ4n) is 3.01. The van der Waals surface area contributed by atoms with Gasteiger partial charge in [0.2, 0.25) is 0 Å². The summed E-state index contributed by atoms with van der Waals surface area (Å²) in [6.45, 7) is 6.41. The van der Waals surface area contributed by atoms with Gasteiger partial charge in [-0.1, -0.05) is 30.7 Å². The third-order valence-electron chi connectivity index (χ3n) is 4.01. The molecular weight excluding hydrogens is 270 g/mol. The molecule has 1 saturated heterocycles. The average Bonchev–Trinajstić information content (AvgIpc) is 2.81. The molecule has 1 aromatic carbocycles. The first-order valence-corrected chi connectivity index (χ1v) is 8.15. The Morgan fingerprint density at radius 3 is 2.90 bits per heavy atom. The summed E-state index contributed by atoms with van der Waals surface area (Å²) in [4.78, 5) is 0. The Morgan fingerprint density at radius 2 is 2.25 bits per heavy atom. The molecule has 0 radical (unpaired) electrons. The zero-order valence-corrected chi connectivity index (χ0v) is 13.3. The lowest BCUT2D eigenvalue weighted by Gasteiger charge is -2.21. The van der Waals surface area contributed by atoms with Gasteiger partial charge in [0.25, 0.3) is 0 Å². The Labute approximate surface area is 127 Å². The van der Waals surface area contributed by atoms with Crippen molar-refractivity contribution < 1.29 is 4.74 Å². The van der Waals surface area contributed by atoms with Crippen molar-refractivity contribution in [1.82, 2.24) is 5.32 Å². The lowest BCUT2D eigenvalue weighted by atomic mass is 9.92. The van der Waals surface area contributed by atoms with Crippen LogP contribution in [0.25, 0.3) is 0 Å². The summed E-state index contributed by atoms with van der Waals surface area (Å²) in [5.41, 5.74) is 1.33. The number of halogens is 1. The van der Waals surface area contributed by atoms with E-state index in [1.807, 2.05) is 12.1 Å². The van der Waals surface area contributed by atoms with Gasteiger partial charge in [-0.05, 0) is 69.3 Å². The van der Waals surface area contributed by atoms with Crippen LogP contribution in [0.3, 0.4) is 0 Å². The maximum atomic E-state index is 6.08. The Kier molecular flexibility index (Phi) is 6.34. The van der Waals surface area contributed by atoms with E-state index in [9.17, 15) is 0 Å². The fourth-order valence-corrected chi connectivity index (χ4v) is 3.23. The quantitative estimate of drug-likeness (QED) is 0.819. The van der Waals surface area contributed by atoms with E-state index in [1.54, 1.807) is 0 Å². The van der Waals surface area contributed by atoms with Crippen molar-refractivity contribution in [2.75, 3.05) is 13.1 Å². The molecule has 3 atom stereocenters. The number of benzene rings is 1. The van der Waals surface area contributed by atoms with E-state index in [-0.39, 0.29) is 0 Å². The molecule has 1 fully saturated rings. The summed E-state index contributed by atoms with van der Waals surface area (Å²) >= 11 is 6.08. The summed E-state index contributed by atoms with van der Waals surface area (Å²) in [6, 6.07) is 8.23. The largest absolute Gasteiger partial charge is 0.375 e. The van der Waals surface area contributed by atoms with E-state index in [4.69, 9.17) is 16.3 Å². The maximum Gasteiger partial charge on any atom is 0.0583 e. The van der Waals surface area contributed by atoms with Crippen molar-refractivity contribution in [2.24, 2.45) is 5.92 Å². The van der Waals surface area contributed by atoms with E-state index in [1.165, 1.54) is 18.4 Å². The predicted molar refractivity (Wildman–Crippen MR) is 85.4 cm³/mol. The summed E-state index contributed by atoms with van der Waals surface area (Å²) in [7, 11) is 0. The number of nitrogens with one attached hydrogen (secondary N) is 1. The number of rotatable bonds is 7. The maximum absolute atomic E-state index is 6.08. The van der Waals surface area contributed by atoms with Crippen molar-refractivity contribution in [1.29, 1.82) is 0 Å². The average molecular weight is 296 g/mol. The van der Waals surface area contributed by atoms with Gasteiger partial charge in [0.05, 0.1) is 12.2 Å². The van der Waals surface area contributed by atoms with Gasteiger partial charge in [-0.25, -0.2) is 0 Å². The van der Waals surface area contributed by atoms with Crippen LogP contribution >= 0.6 is 11.6 Å². The fraction of sp³-hybridized carbons (Fsp3) is 0.647. The van der Waals surface area contributed by atoms with Crippen molar-refractivity contribution in [3.63, 3.8) is 0 Å². The molecule has 2 nitrogen and oxygen atoms in total. The topological polar surface area (TPSA) is 21.3 Å². The van der Waals surface area contributed by atoms with Gasteiger partial charge in [0, 0.05) is 5.02 Å². The number of ether oxygens (including phenoxy) is 1. The molecule has 1 aliphatic heterocycles. The highest BCUT2D eigenvalue weighted by molar-refractivity contribution is 6.30. The van der Waals surface area contributed by atoms with Crippen LogP contribution in [0, 0.1) is 5.92 Å². The Hall–Kier alpha value is -0.570. The third-order valence-corrected chi connectivity index (χ3v) is 4.25. The van der Waals surface area contributed by atoms with Crippen LogP contribution in [-0.2, 0) is 11.2 Å². The van der Waals surface area contributed by atoms with Gasteiger partial charge >= 0.3 is 0 Å². The van der Waals surface area contributed by atoms with Gasteiger partial charge in [0.1, 0.15) is 0 Å². The van der Waals surface area contributed by atoms with Crippen LogP contribution < -0.4 is 5.32 Å². The molecular formula is C17H26ClNO. The highest BCUT2D eigenvalue weighted by atomic mass is 35.5. The van der Waals surface area contributed by atoms with Gasteiger partial charge < -0.3 is 10.1 Å². The summed E-state index contributed by atoms with van der Waals surface area (Å²) in [5.74, 6) is 0.615. The summed E-state index contributed by atoms with van der Waals surface area (Å²) in [6.07, 6.45) is 5.50. The van der Waals surface area contributed by atoms with Crippen LogP contribution in [-0.4, -0.2) is 25.3 Å². The molecule has 1 aliphatic rings. The Bertz CT molecular complexity index is 410. The van der Waals surface area contributed by atoms with E-state index in [0.29, 0.717) is 18.1 Å². The van der Waals surface area contributed by atoms with Gasteiger partial charge in [0.15, 0.2) is 0 Å². The molecule has 0 bridgehead atoms. The molecule has 0 aliphatic carbocycles. The minimum atomic E-state index is 0.436. The van der Waals surface area contributed by atoms with Crippen LogP contribution in [0.2, 0.25) is 5.02 Å². The molecule has 1 aromatic rings. The molecule has 0 saturated carbocycles. The minimum absolute atomic E-state index is 0.436. The molecule has 3 unspecified atom stereocenters. The van der Waals surface area contributed by atoms with E-state index in [2.05, 4.69) is 31.3 Å². The van der Waals surface area contributed by atoms with E-state index >= 15 is 0 Å². The van der Waals surface area contributed by atoms with Crippen molar-refractivity contribution in [3.05, 3.63) is 34.9 Å². The first-order chi connectivity index (χ1) is 9.67. The summed E-state index contributed by atoms with van der Waals surface area (Å²) in [5, 5.41) is 4.31. The molecule has 1 heterocycles. The highest BCUT2D eigenvalue weighted by Gasteiger charge is 2.25. The molecule has 20 heavy (non-hydrogen) atoms. The second-order valence-corrected chi connectivity index (χ2v) is 6.33. The smallest absolute Gasteiger partial charge is 0.0583 e. The van der Waals surface area contributed by atoms with Crippen molar-refractivity contribution in [2.45, 2.75) is 51.7 Å². The zero-order valence-electron chi connectivity index (χ0n) is 12.6. The van der Waals surface area contributed by atoms with E-state index in [0.717, 1.165) is 31.0 Å². The molecule has 1 N–H and O–H groups in total. The molecule has 0 amide bonds. The second kappa shape index (κ2) is 8.02. The second-order valence-electron chi connectivity index (χ2n) is 5.89. The normalized spacial score (nSPS) is 23.9. The Morgan fingerprint density at radius 1 is 1.40 bits per heavy atom. The van der Waals surface area contributed by atoms with Crippen LogP contribution in [0.5, 0.6) is 0 Å². The highest BCUT2D eigenvalue weighted by Crippen LogP contribution is 2.26. The zero-order chi connectivity index (χ0) is 14.4. The molecule has 112 valence electrons. The molecule has 0 aromatic heterocycles. The van der Waals surface area contributed by atoms with Gasteiger partial charge in [-0.3, -0.25) is 0 Å². The van der Waals surface area contributed by atoms with Crippen molar-refractivity contribution in [3.8, 4) is 0 Å². The third kappa shape index (κ3) is 5.08. The number of hydrogen-bond acceptors (Lipinski definition) is 2. The first-order valence-electron chi connectivity index (χ1n) is 7.78. The Balaban J connectivity index is 1.92. The number of hydrogen-bond donors (Lipinski definition) is 1. The molecule has 2 rings (SSSR count). The minimum Gasteiger partial charge on any atom is -0.375 e. The first kappa shape index (κ1) is 15.8. The van der Waals surface area contributed by atoms with Gasteiger partial charge in [-0.15, -0.1) is 0 Å². The van der Waals surface area contributed by atoms with Crippen LogP contribution in [0.1, 0.15) is 38.7 Å². The lowest BCUT2D eigenvalue weighted by Crippen LogP contribution is -2.27. The van der Waals surface area contributed by atoms with Crippen LogP contribution in [0.4, 0.5) is 0 Å². The standard InChI is InChI=1S/C17H26ClNO/c1-3-19-12-15(11-17-8-7-13(2)20-17)9-14-5-4-6-16(18)10-14/h4-6,10,13,15,17,19H,3,7-9,11-12H2,1-2H3. The van der Waals surface area contributed by atoms with Gasteiger partial charge in [-0.2, -0.15) is 0 Å². The van der Waals surface area contributed by atoms with Crippen molar-refractivity contribution >= 4 is 11.6 Å². The van der Waals surface area contributed by atoms with E-state index < -0.39 is 0 Å². The predicted octanol–water partition coefficient (Wildman–Crippen LogP) is 4.07. The van der Waals surface area contributed by atoms with Crippen LogP contribution in [0.15, 0.2) is 24.3 Å². The SMILES string of the molecule is CCNCC(Cc1cccc(Cl)c1)CC1CCC(C)O1. The molecule has 3 heteroatoms. The summed E-state index contributed by atoms with van der Waals surface area (Å²) < 4.78 is 5.98. The molecule has 0 spiro atoms. The lowest BCUT2D eigenvalue weighted by molar-refractivity contribution is 0.0408.